The Morgan fingerprint density at radius 3 is 2.61 bits per heavy atom. The number of thiophene rings is 3. The summed E-state index contributed by atoms with van der Waals surface area (Å²) in [7, 11) is -3.64. The highest BCUT2D eigenvalue weighted by Gasteiger charge is 2.35. The Labute approximate surface area is 147 Å². The molecule has 3 heterocycles. The van der Waals surface area contributed by atoms with Crippen molar-refractivity contribution in [2.75, 3.05) is 6.54 Å². The van der Waals surface area contributed by atoms with Gasteiger partial charge in [-0.1, -0.05) is 6.07 Å². The summed E-state index contributed by atoms with van der Waals surface area (Å²) in [5.41, 5.74) is -0.678. The Bertz CT molecular complexity index is 830. The van der Waals surface area contributed by atoms with Crippen molar-refractivity contribution in [1.29, 1.82) is 0 Å². The third-order valence-corrected chi connectivity index (χ3v) is 8.02. The van der Waals surface area contributed by atoms with Crippen molar-refractivity contribution in [3.63, 3.8) is 0 Å². The molecule has 3 rings (SSSR count). The highest BCUT2D eigenvalue weighted by molar-refractivity contribution is 7.91. The zero-order valence-corrected chi connectivity index (χ0v) is 15.5. The van der Waals surface area contributed by atoms with Gasteiger partial charge in [0, 0.05) is 21.9 Å². The van der Waals surface area contributed by atoms with Gasteiger partial charge in [-0.2, -0.15) is 11.3 Å². The van der Waals surface area contributed by atoms with Crippen molar-refractivity contribution in [1.82, 2.24) is 4.72 Å². The summed E-state index contributed by atoms with van der Waals surface area (Å²) in [6.07, 6.45) is 0. The molecule has 0 fully saturated rings. The van der Waals surface area contributed by atoms with Crippen LogP contribution >= 0.6 is 34.0 Å². The first-order chi connectivity index (χ1) is 10.9. The van der Waals surface area contributed by atoms with Crippen molar-refractivity contribution in [3.8, 4) is 0 Å². The molecular weight excluding hydrogens is 370 g/mol. The minimum absolute atomic E-state index is 0.108. The Morgan fingerprint density at radius 2 is 2.04 bits per heavy atom. The summed E-state index contributed by atoms with van der Waals surface area (Å²) >= 11 is 4.08. The Hall–Kier alpha value is -1.03. The second-order valence-corrected chi connectivity index (χ2v) is 10.0. The molecule has 8 heteroatoms. The fourth-order valence-corrected chi connectivity index (χ4v) is 6.13. The van der Waals surface area contributed by atoms with Gasteiger partial charge in [0.1, 0.15) is 9.81 Å². The Balaban J connectivity index is 1.89. The molecule has 0 aliphatic rings. The summed E-state index contributed by atoms with van der Waals surface area (Å²) in [6, 6.07) is 8.81. The third-order valence-electron chi connectivity index (χ3n) is 3.43. The summed E-state index contributed by atoms with van der Waals surface area (Å²) < 4.78 is 27.7. The molecule has 3 aromatic heterocycles. The van der Waals surface area contributed by atoms with Crippen LogP contribution in [0.1, 0.15) is 15.3 Å². The lowest BCUT2D eigenvalue weighted by Crippen LogP contribution is -2.40. The van der Waals surface area contributed by atoms with Crippen molar-refractivity contribution in [3.05, 3.63) is 61.8 Å². The molecule has 0 aliphatic carbocycles. The van der Waals surface area contributed by atoms with Gasteiger partial charge in [-0.15, -0.1) is 22.7 Å². The third kappa shape index (κ3) is 3.42. The second-order valence-electron chi connectivity index (χ2n) is 5.04. The fraction of sp³-hybridized carbons (Fsp3) is 0.200. The molecule has 0 aliphatic heterocycles. The number of hydrogen-bond donors (Lipinski definition) is 2. The molecule has 1 atom stereocenters. The summed E-state index contributed by atoms with van der Waals surface area (Å²) in [5, 5.41) is 16.7. The van der Waals surface area contributed by atoms with E-state index in [2.05, 4.69) is 4.72 Å². The van der Waals surface area contributed by atoms with Crippen LogP contribution < -0.4 is 4.72 Å². The van der Waals surface area contributed by atoms with Crippen LogP contribution in [0.3, 0.4) is 0 Å². The van der Waals surface area contributed by atoms with Crippen LogP contribution in [0.15, 0.2) is 50.7 Å². The van der Waals surface area contributed by atoms with Crippen LogP contribution in [0, 0.1) is 6.92 Å². The number of rotatable bonds is 6. The predicted octanol–water partition coefficient (Wildman–Crippen LogP) is 3.39. The lowest BCUT2D eigenvalue weighted by molar-refractivity contribution is 0.0903. The van der Waals surface area contributed by atoms with E-state index in [0.29, 0.717) is 10.4 Å². The standard InChI is InChI=1S/C15H15NO3S4/c1-11-4-5-14(22-11)23(18,19)16-10-15(17,12-6-8-20-9-12)13-3-2-7-21-13/h2-9,16-17H,10H2,1H3. The topological polar surface area (TPSA) is 66.4 Å². The maximum absolute atomic E-state index is 12.4. The number of aliphatic hydroxyl groups is 1. The quantitative estimate of drug-likeness (QED) is 0.683. The van der Waals surface area contributed by atoms with E-state index in [4.69, 9.17) is 0 Å². The smallest absolute Gasteiger partial charge is 0.250 e. The molecule has 0 aromatic carbocycles. The lowest BCUT2D eigenvalue weighted by Gasteiger charge is -2.26. The molecule has 0 saturated carbocycles. The maximum Gasteiger partial charge on any atom is 0.250 e. The average Bonchev–Trinajstić information content (AvgIpc) is 3.25. The van der Waals surface area contributed by atoms with Crippen LogP contribution in [0.2, 0.25) is 0 Å². The van der Waals surface area contributed by atoms with Gasteiger partial charge in [0.2, 0.25) is 10.0 Å². The van der Waals surface area contributed by atoms with Gasteiger partial charge < -0.3 is 5.11 Å². The molecule has 2 N–H and O–H groups in total. The van der Waals surface area contributed by atoms with Gasteiger partial charge in [-0.05, 0) is 47.3 Å². The molecule has 0 spiro atoms. The van der Waals surface area contributed by atoms with Gasteiger partial charge in [-0.3, -0.25) is 0 Å². The van der Waals surface area contributed by atoms with Crippen LogP contribution in [0.5, 0.6) is 0 Å². The van der Waals surface area contributed by atoms with E-state index in [1.165, 1.54) is 34.0 Å². The van der Waals surface area contributed by atoms with Crippen LogP contribution in [-0.2, 0) is 15.6 Å². The predicted molar refractivity (Wildman–Crippen MR) is 95.9 cm³/mol. The molecule has 0 saturated heterocycles. The maximum atomic E-state index is 12.4. The van der Waals surface area contributed by atoms with Crippen molar-refractivity contribution in [2.45, 2.75) is 16.7 Å². The Kier molecular flexibility index (Phi) is 4.73. The highest BCUT2D eigenvalue weighted by Crippen LogP contribution is 2.34. The van der Waals surface area contributed by atoms with Gasteiger partial charge in [-0.25, -0.2) is 13.1 Å². The number of sulfonamides is 1. The molecule has 4 nitrogen and oxygen atoms in total. The van der Waals surface area contributed by atoms with E-state index in [1.807, 2.05) is 41.3 Å². The molecule has 0 bridgehead atoms. The normalized spacial score (nSPS) is 14.7. The summed E-state index contributed by atoms with van der Waals surface area (Å²) in [6.45, 7) is 1.75. The molecule has 0 amide bonds. The minimum atomic E-state index is -3.64. The van der Waals surface area contributed by atoms with Crippen molar-refractivity contribution < 1.29 is 13.5 Å². The summed E-state index contributed by atoms with van der Waals surface area (Å²) in [5.74, 6) is 0. The highest BCUT2D eigenvalue weighted by atomic mass is 32.2. The molecular formula is C15H15NO3S4. The number of nitrogens with one attached hydrogen (secondary N) is 1. The second kappa shape index (κ2) is 6.46. The SMILES string of the molecule is Cc1ccc(S(=O)(=O)NCC(O)(c2ccsc2)c2cccs2)s1. The average molecular weight is 386 g/mol. The van der Waals surface area contributed by atoms with E-state index in [-0.39, 0.29) is 10.8 Å². The molecule has 122 valence electrons. The Morgan fingerprint density at radius 1 is 1.22 bits per heavy atom. The molecule has 1 unspecified atom stereocenters. The van der Waals surface area contributed by atoms with E-state index < -0.39 is 15.6 Å². The van der Waals surface area contributed by atoms with Gasteiger partial charge in [0.25, 0.3) is 0 Å². The zero-order valence-electron chi connectivity index (χ0n) is 12.2. The van der Waals surface area contributed by atoms with E-state index in [9.17, 15) is 13.5 Å². The fourth-order valence-electron chi connectivity index (χ4n) is 2.17. The molecule has 3 aromatic rings. The first-order valence-corrected chi connectivity index (χ1v) is 10.9. The zero-order chi connectivity index (χ0) is 16.5. The van der Waals surface area contributed by atoms with Crippen molar-refractivity contribution in [2.24, 2.45) is 0 Å². The van der Waals surface area contributed by atoms with Gasteiger partial charge in [0.15, 0.2) is 0 Å². The number of hydrogen-bond acceptors (Lipinski definition) is 6. The van der Waals surface area contributed by atoms with E-state index >= 15 is 0 Å². The van der Waals surface area contributed by atoms with Crippen molar-refractivity contribution >= 4 is 44.0 Å². The van der Waals surface area contributed by atoms with E-state index in [0.717, 1.165) is 4.88 Å². The largest absolute Gasteiger partial charge is 0.378 e. The summed E-state index contributed by atoms with van der Waals surface area (Å²) in [4.78, 5) is 1.64. The first kappa shape index (κ1) is 16.8. The lowest BCUT2D eigenvalue weighted by atomic mass is 9.95. The number of aryl methyl sites for hydroxylation is 1. The first-order valence-electron chi connectivity index (χ1n) is 6.77. The van der Waals surface area contributed by atoms with E-state index in [1.54, 1.807) is 12.1 Å². The van der Waals surface area contributed by atoms with Gasteiger partial charge in [0.05, 0.1) is 0 Å². The van der Waals surface area contributed by atoms with Gasteiger partial charge >= 0.3 is 0 Å². The minimum Gasteiger partial charge on any atom is -0.378 e. The molecule has 23 heavy (non-hydrogen) atoms. The molecule has 0 radical (unpaired) electrons. The van der Waals surface area contributed by atoms with Crippen LogP contribution in [0.4, 0.5) is 0 Å². The van der Waals surface area contributed by atoms with Crippen LogP contribution in [0.25, 0.3) is 0 Å². The monoisotopic (exact) mass is 385 g/mol. The van der Waals surface area contributed by atoms with Crippen LogP contribution in [-0.4, -0.2) is 20.1 Å².